The summed E-state index contributed by atoms with van der Waals surface area (Å²) in [7, 11) is 3.70. The van der Waals surface area contributed by atoms with Gasteiger partial charge < -0.3 is 10.6 Å². The maximum absolute atomic E-state index is 12.2. The van der Waals surface area contributed by atoms with Crippen LogP contribution >= 0.6 is 0 Å². The van der Waals surface area contributed by atoms with E-state index in [1.165, 1.54) is 0 Å². The molecule has 3 heterocycles. The fraction of sp³-hybridized carbons (Fsp3) is 0.227. The standard InChI is InChI=1S/C22H21N7O/c1-23-20-18-11-24-19(28-22(30)13-6-7-13)9-16(18)17(10-25-20)14-4-3-5-15(8-14)21-26-12-27-29(21)2/h3-5,8-13H,6-7H2,1-2H3,(H,23,25)(H,24,28,30). The molecule has 1 fully saturated rings. The summed E-state index contributed by atoms with van der Waals surface area (Å²) < 4.78 is 1.75. The van der Waals surface area contributed by atoms with Crippen LogP contribution in [0.2, 0.25) is 0 Å². The highest BCUT2D eigenvalue weighted by molar-refractivity contribution is 6.04. The fourth-order valence-corrected chi connectivity index (χ4v) is 3.59. The molecular weight excluding hydrogens is 378 g/mol. The average Bonchev–Trinajstić information content (AvgIpc) is 3.54. The van der Waals surface area contributed by atoms with Crippen molar-refractivity contribution in [3.63, 3.8) is 0 Å². The molecule has 0 unspecified atom stereocenters. The second-order valence-electron chi connectivity index (χ2n) is 7.44. The van der Waals surface area contributed by atoms with Gasteiger partial charge in [0.2, 0.25) is 5.91 Å². The zero-order valence-corrected chi connectivity index (χ0v) is 16.8. The van der Waals surface area contributed by atoms with Gasteiger partial charge >= 0.3 is 0 Å². The molecule has 8 nitrogen and oxygen atoms in total. The van der Waals surface area contributed by atoms with Crippen molar-refractivity contribution < 1.29 is 4.79 Å². The first kappa shape index (κ1) is 18.2. The molecule has 1 aliphatic rings. The van der Waals surface area contributed by atoms with Gasteiger partial charge in [0.05, 0.1) is 0 Å². The van der Waals surface area contributed by atoms with E-state index in [2.05, 4.69) is 36.8 Å². The van der Waals surface area contributed by atoms with Gasteiger partial charge in [0.25, 0.3) is 0 Å². The Labute approximate surface area is 173 Å². The van der Waals surface area contributed by atoms with Crippen LogP contribution in [0.3, 0.4) is 0 Å². The SMILES string of the molecule is CNc1ncc(-c2cccc(-c3ncnn3C)c2)c2cc(NC(=O)C3CC3)ncc12. The molecule has 0 aliphatic heterocycles. The summed E-state index contributed by atoms with van der Waals surface area (Å²) in [6, 6.07) is 10.0. The quantitative estimate of drug-likeness (QED) is 0.533. The highest BCUT2D eigenvalue weighted by atomic mass is 16.2. The molecule has 0 atom stereocenters. The van der Waals surface area contributed by atoms with Gasteiger partial charge in [-0.15, -0.1) is 0 Å². The molecule has 150 valence electrons. The lowest BCUT2D eigenvalue weighted by Gasteiger charge is -2.13. The number of carbonyl (C=O) groups is 1. The first-order chi connectivity index (χ1) is 14.6. The number of nitrogens with zero attached hydrogens (tertiary/aromatic N) is 5. The van der Waals surface area contributed by atoms with Gasteiger partial charge in [0.15, 0.2) is 5.82 Å². The van der Waals surface area contributed by atoms with Gasteiger partial charge in [-0.25, -0.2) is 19.6 Å². The number of hydrogen-bond acceptors (Lipinski definition) is 6. The van der Waals surface area contributed by atoms with E-state index in [1.807, 2.05) is 44.6 Å². The highest BCUT2D eigenvalue weighted by Crippen LogP contribution is 2.35. The number of benzene rings is 1. The third kappa shape index (κ3) is 3.26. The van der Waals surface area contributed by atoms with Gasteiger partial charge in [-0.05, 0) is 35.9 Å². The van der Waals surface area contributed by atoms with E-state index >= 15 is 0 Å². The third-order valence-electron chi connectivity index (χ3n) is 5.35. The van der Waals surface area contributed by atoms with Crippen molar-refractivity contribution in [1.82, 2.24) is 24.7 Å². The van der Waals surface area contributed by atoms with Crippen LogP contribution in [-0.2, 0) is 11.8 Å². The van der Waals surface area contributed by atoms with Crippen molar-refractivity contribution in [2.75, 3.05) is 17.7 Å². The Morgan fingerprint density at radius 3 is 2.63 bits per heavy atom. The van der Waals surface area contributed by atoms with Crippen LogP contribution in [0.15, 0.2) is 49.1 Å². The summed E-state index contributed by atoms with van der Waals surface area (Å²) in [5, 5.41) is 12.1. The van der Waals surface area contributed by atoms with Gasteiger partial charge in [-0.1, -0.05) is 18.2 Å². The first-order valence-electron chi connectivity index (χ1n) is 9.86. The number of pyridine rings is 2. The monoisotopic (exact) mass is 399 g/mol. The maximum atomic E-state index is 12.2. The van der Waals surface area contributed by atoms with Crippen LogP contribution in [0.1, 0.15) is 12.8 Å². The number of fused-ring (bicyclic) bond motifs is 1. The number of aromatic nitrogens is 5. The number of aryl methyl sites for hydroxylation is 1. The molecule has 1 aromatic carbocycles. The summed E-state index contributed by atoms with van der Waals surface area (Å²) in [6.07, 6.45) is 7.05. The number of carbonyl (C=O) groups excluding carboxylic acids is 1. The normalized spacial score (nSPS) is 13.4. The van der Waals surface area contributed by atoms with Crippen LogP contribution in [0.4, 0.5) is 11.6 Å². The molecule has 1 saturated carbocycles. The fourth-order valence-electron chi connectivity index (χ4n) is 3.59. The molecule has 5 rings (SSSR count). The number of anilines is 2. The molecule has 0 saturated heterocycles. The predicted molar refractivity (Wildman–Crippen MR) is 116 cm³/mol. The molecule has 0 bridgehead atoms. The second kappa shape index (κ2) is 7.22. The third-order valence-corrected chi connectivity index (χ3v) is 5.35. The van der Waals surface area contributed by atoms with Crippen molar-refractivity contribution in [2.45, 2.75) is 12.8 Å². The molecule has 1 amide bonds. The predicted octanol–water partition coefficient (Wildman–Crippen LogP) is 3.48. The van der Waals surface area contributed by atoms with E-state index in [0.29, 0.717) is 5.82 Å². The Morgan fingerprint density at radius 1 is 1.07 bits per heavy atom. The number of amides is 1. The highest BCUT2D eigenvalue weighted by Gasteiger charge is 2.29. The van der Waals surface area contributed by atoms with Crippen molar-refractivity contribution >= 4 is 28.3 Å². The van der Waals surface area contributed by atoms with Gasteiger partial charge in [-0.3, -0.25) is 4.79 Å². The smallest absolute Gasteiger partial charge is 0.228 e. The largest absolute Gasteiger partial charge is 0.373 e. The summed E-state index contributed by atoms with van der Waals surface area (Å²) in [5.74, 6) is 2.25. The summed E-state index contributed by atoms with van der Waals surface area (Å²) in [6.45, 7) is 0. The lowest BCUT2D eigenvalue weighted by atomic mass is 9.99. The lowest BCUT2D eigenvalue weighted by Crippen LogP contribution is -2.14. The van der Waals surface area contributed by atoms with Crippen LogP contribution in [0, 0.1) is 5.92 Å². The van der Waals surface area contributed by atoms with Crippen LogP contribution in [0.5, 0.6) is 0 Å². The minimum absolute atomic E-state index is 0.0376. The van der Waals surface area contributed by atoms with Gasteiger partial charge in [-0.2, -0.15) is 5.10 Å². The minimum Gasteiger partial charge on any atom is -0.373 e. The zero-order chi connectivity index (χ0) is 20.7. The van der Waals surface area contributed by atoms with Crippen LogP contribution in [0.25, 0.3) is 33.3 Å². The molecule has 2 N–H and O–H groups in total. The Bertz CT molecular complexity index is 1260. The summed E-state index contributed by atoms with van der Waals surface area (Å²) >= 11 is 0. The number of rotatable bonds is 5. The van der Waals surface area contributed by atoms with Crippen LogP contribution < -0.4 is 10.6 Å². The summed E-state index contributed by atoms with van der Waals surface area (Å²) in [4.78, 5) is 25.6. The Morgan fingerprint density at radius 2 is 1.90 bits per heavy atom. The second-order valence-corrected chi connectivity index (χ2v) is 7.44. The van der Waals surface area contributed by atoms with E-state index in [-0.39, 0.29) is 11.8 Å². The van der Waals surface area contributed by atoms with Crippen molar-refractivity contribution in [2.24, 2.45) is 13.0 Å². The van der Waals surface area contributed by atoms with Crippen molar-refractivity contribution in [3.8, 4) is 22.5 Å². The Hall–Kier alpha value is -3.81. The molecular formula is C22H21N7O. The van der Waals surface area contributed by atoms with Gasteiger partial charge in [0.1, 0.15) is 18.0 Å². The number of hydrogen-bond donors (Lipinski definition) is 2. The van der Waals surface area contributed by atoms with E-state index in [0.717, 1.165) is 51.9 Å². The maximum Gasteiger partial charge on any atom is 0.228 e. The number of nitrogens with one attached hydrogen (secondary N) is 2. The molecule has 8 heteroatoms. The van der Waals surface area contributed by atoms with E-state index < -0.39 is 0 Å². The van der Waals surface area contributed by atoms with E-state index in [9.17, 15) is 4.79 Å². The molecule has 30 heavy (non-hydrogen) atoms. The van der Waals surface area contributed by atoms with Crippen molar-refractivity contribution in [1.29, 1.82) is 0 Å². The zero-order valence-electron chi connectivity index (χ0n) is 16.8. The average molecular weight is 399 g/mol. The molecule has 3 aromatic heterocycles. The minimum atomic E-state index is 0.0376. The van der Waals surface area contributed by atoms with Gasteiger partial charge in [0, 0.05) is 48.9 Å². The molecule has 1 aliphatic carbocycles. The van der Waals surface area contributed by atoms with E-state index in [1.54, 1.807) is 17.2 Å². The Kier molecular flexibility index (Phi) is 4.39. The van der Waals surface area contributed by atoms with Crippen molar-refractivity contribution in [3.05, 3.63) is 49.1 Å². The molecule has 4 aromatic rings. The lowest BCUT2D eigenvalue weighted by molar-refractivity contribution is -0.117. The van der Waals surface area contributed by atoms with E-state index in [4.69, 9.17) is 0 Å². The molecule has 0 spiro atoms. The molecule has 0 radical (unpaired) electrons. The summed E-state index contributed by atoms with van der Waals surface area (Å²) in [5.41, 5.74) is 2.92. The first-order valence-corrected chi connectivity index (χ1v) is 9.86. The topological polar surface area (TPSA) is 97.6 Å². The Balaban J connectivity index is 1.63. The van der Waals surface area contributed by atoms with Crippen LogP contribution in [-0.4, -0.2) is 37.7 Å².